The van der Waals surface area contributed by atoms with Crippen molar-refractivity contribution in [1.29, 1.82) is 0 Å². The normalized spacial score (nSPS) is 12.3. The van der Waals surface area contributed by atoms with E-state index in [4.69, 9.17) is 0 Å². The topological polar surface area (TPSA) is 38.7 Å². The number of pyridine rings is 1. The van der Waals surface area contributed by atoms with Crippen LogP contribution in [0.1, 0.15) is 31.3 Å². The van der Waals surface area contributed by atoms with Crippen LogP contribution in [0.15, 0.2) is 41.7 Å². The Bertz CT molecular complexity index is 499. The summed E-state index contributed by atoms with van der Waals surface area (Å²) in [5.41, 5.74) is 1.18. The quantitative estimate of drug-likeness (QED) is 0.726. The summed E-state index contributed by atoms with van der Waals surface area (Å²) < 4.78 is 0. The molecular weight excluding hydrogens is 266 g/mol. The minimum absolute atomic E-state index is 0.667. The molecule has 0 aliphatic carbocycles. The van der Waals surface area contributed by atoms with Crippen molar-refractivity contribution in [2.75, 3.05) is 6.26 Å². The molecule has 0 aromatic carbocycles. The van der Waals surface area contributed by atoms with Crippen LogP contribution in [0.2, 0.25) is 0 Å². The van der Waals surface area contributed by atoms with Crippen molar-refractivity contribution in [3.05, 3.63) is 48.3 Å². The van der Waals surface area contributed by atoms with Gasteiger partial charge in [0.25, 0.3) is 0 Å². The van der Waals surface area contributed by atoms with E-state index in [0.29, 0.717) is 5.92 Å². The standard InChI is InChI=1S/C16H21N3S/c1-13(6-8-14-5-3-4-10-17-14)7-9-16-18-11-15(20-2)12-19-16/h3-5,10-13H,6-9H2,1-2H3. The molecule has 0 bridgehead atoms. The second-order valence-electron chi connectivity index (χ2n) is 5.04. The van der Waals surface area contributed by atoms with E-state index < -0.39 is 0 Å². The van der Waals surface area contributed by atoms with E-state index in [0.717, 1.165) is 30.0 Å². The van der Waals surface area contributed by atoms with Gasteiger partial charge in [0.05, 0.1) is 0 Å². The average molecular weight is 287 g/mol. The number of aromatic nitrogens is 3. The van der Waals surface area contributed by atoms with Gasteiger partial charge in [-0.25, -0.2) is 9.97 Å². The molecule has 4 heteroatoms. The van der Waals surface area contributed by atoms with Crippen LogP contribution in [0.25, 0.3) is 0 Å². The van der Waals surface area contributed by atoms with Crippen molar-refractivity contribution in [3.8, 4) is 0 Å². The number of thioether (sulfide) groups is 1. The van der Waals surface area contributed by atoms with Gasteiger partial charge in [-0.05, 0) is 43.6 Å². The molecule has 0 saturated carbocycles. The van der Waals surface area contributed by atoms with Crippen LogP contribution >= 0.6 is 11.8 Å². The Morgan fingerprint density at radius 1 is 1.05 bits per heavy atom. The molecule has 0 amide bonds. The molecule has 20 heavy (non-hydrogen) atoms. The Hall–Kier alpha value is -1.42. The number of aryl methyl sites for hydroxylation is 2. The van der Waals surface area contributed by atoms with E-state index in [-0.39, 0.29) is 0 Å². The lowest BCUT2D eigenvalue weighted by Crippen LogP contribution is -2.03. The van der Waals surface area contributed by atoms with Crippen LogP contribution in [0.4, 0.5) is 0 Å². The fourth-order valence-electron chi connectivity index (χ4n) is 2.04. The minimum atomic E-state index is 0.667. The first kappa shape index (κ1) is 15.0. The van der Waals surface area contributed by atoms with Crippen molar-refractivity contribution in [2.45, 2.75) is 37.5 Å². The molecule has 1 unspecified atom stereocenters. The van der Waals surface area contributed by atoms with Crippen molar-refractivity contribution < 1.29 is 0 Å². The molecule has 2 aromatic rings. The van der Waals surface area contributed by atoms with Crippen LogP contribution in [0.5, 0.6) is 0 Å². The SMILES string of the molecule is CSc1cnc(CCC(C)CCc2ccccn2)nc1. The molecule has 0 aliphatic rings. The Morgan fingerprint density at radius 2 is 1.80 bits per heavy atom. The van der Waals surface area contributed by atoms with Crippen molar-refractivity contribution in [3.63, 3.8) is 0 Å². The molecule has 0 fully saturated rings. The smallest absolute Gasteiger partial charge is 0.128 e. The first-order valence-corrected chi connectivity index (χ1v) is 8.25. The van der Waals surface area contributed by atoms with Gasteiger partial charge in [0.15, 0.2) is 0 Å². The maximum Gasteiger partial charge on any atom is 0.128 e. The van der Waals surface area contributed by atoms with Crippen LogP contribution in [-0.2, 0) is 12.8 Å². The van der Waals surface area contributed by atoms with Crippen molar-refractivity contribution in [2.24, 2.45) is 5.92 Å². The van der Waals surface area contributed by atoms with Crippen LogP contribution in [0.3, 0.4) is 0 Å². The van der Waals surface area contributed by atoms with Gasteiger partial charge in [-0.1, -0.05) is 13.0 Å². The zero-order valence-electron chi connectivity index (χ0n) is 12.1. The first-order valence-electron chi connectivity index (χ1n) is 7.02. The highest BCUT2D eigenvalue weighted by Crippen LogP contribution is 2.15. The summed E-state index contributed by atoms with van der Waals surface area (Å²) >= 11 is 1.68. The highest BCUT2D eigenvalue weighted by molar-refractivity contribution is 7.98. The maximum absolute atomic E-state index is 4.40. The predicted molar refractivity (Wildman–Crippen MR) is 83.9 cm³/mol. The van der Waals surface area contributed by atoms with E-state index >= 15 is 0 Å². The molecule has 0 N–H and O–H groups in total. The van der Waals surface area contributed by atoms with Gasteiger partial charge in [-0.15, -0.1) is 11.8 Å². The van der Waals surface area contributed by atoms with Gasteiger partial charge >= 0.3 is 0 Å². The third-order valence-electron chi connectivity index (χ3n) is 3.40. The van der Waals surface area contributed by atoms with E-state index in [1.165, 1.54) is 12.1 Å². The zero-order chi connectivity index (χ0) is 14.2. The summed E-state index contributed by atoms with van der Waals surface area (Å²) in [5, 5.41) is 0. The van der Waals surface area contributed by atoms with Gasteiger partial charge < -0.3 is 0 Å². The fraction of sp³-hybridized carbons (Fsp3) is 0.438. The highest BCUT2D eigenvalue weighted by Gasteiger charge is 2.05. The lowest BCUT2D eigenvalue weighted by atomic mass is 9.98. The number of hydrogen-bond acceptors (Lipinski definition) is 4. The summed E-state index contributed by atoms with van der Waals surface area (Å²) in [6.07, 6.45) is 12.0. The maximum atomic E-state index is 4.40. The van der Waals surface area contributed by atoms with Crippen molar-refractivity contribution in [1.82, 2.24) is 15.0 Å². The third-order valence-corrected chi connectivity index (χ3v) is 4.08. The lowest BCUT2D eigenvalue weighted by Gasteiger charge is -2.10. The van der Waals surface area contributed by atoms with Gasteiger partial charge in [0.1, 0.15) is 5.82 Å². The summed E-state index contributed by atoms with van der Waals surface area (Å²) in [4.78, 5) is 14.3. The molecule has 106 valence electrons. The monoisotopic (exact) mass is 287 g/mol. The molecule has 3 nitrogen and oxygen atoms in total. The summed E-state index contributed by atoms with van der Waals surface area (Å²) in [7, 11) is 0. The highest BCUT2D eigenvalue weighted by atomic mass is 32.2. The van der Waals surface area contributed by atoms with E-state index in [9.17, 15) is 0 Å². The molecule has 0 saturated heterocycles. The summed E-state index contributed by atoms with van der Waals surface area (Å²) in [6, 6.07) is 6.10. The van der Waals surface area contributed by atoms with Crippen molar-refractivity contribution >= 4 is 11.8 Å². The lowest BCUT2D eigenvalue weighted by molar-refractivity contribution is 0.484. The number of rotatable bonds is 7. The minimum Gasteiger partial charge on any atom is -0.261 e. The molecule has 2 rings (SSSR count). The molecular formula is C16H21N3S. The van der Waals surface area contributed by atoms with Crippen LogP contribution in [0, 0.1) is 5.92 Å². The predicted octanol–water partition coefficient (Wildman–Crippen LogP) is 3.80. The van der Waals surface area contributed by atoms with Crippen LogP contribution in [-0.4, -0.2) is 21.2 Å². The van der Waals surface area contributed by atoms with Gasteiger partial charge in [0.2, 0.25) is 0 Å². The zero-order valence-corrected chi connectivity index (χ0v) is 12.9. The molecule has 0 radical (unpaired) electrons. The molecule has 0 aliphatic heterocycles. The van der Waals surface area contributed by atoms with Gasteiger partial charge in [0, 0.05) is 35.6 Å². The summed E-state index contributed by atoms with van der Waals surface area (Å²) in [6.45, 7) is 2.29. The van der Waals surface area contributed by atoms with E-state index in [1.807, 2.05) is 37.0 Å². The third kappa shape index (κ3) is 4.93. The van der Waals surface area contributed by atoms with Gasteiger partial charge in [-0.2, -0.15) is 0 Å². The second-order valence-corrected chi connectivity index (χ2v) is 5.92. The van der Waals surface area contributed by atoms with Crippen LogP contribution < -0.4 is 0 Å². The fourth-order valence-corrected chi connectivity index (χ4v) is 2.35. The Morgan fingerprint density at radius 3 is 2.45 bits per heavy atom. The Labute approximate surface area is 125 Å². The Balaban J connectivity index is 1.73. The summed E-state index contributed by atoms with van der Waals surface area (Å²) in [5.74, 6) is 1.62. The Kier molecular flexibility index (Phi) is 5.99. The largest absolute Gasteiger partial charge is 0.261 e. The number of nitrogens with zero attached hydrogens (tertiary/aromatic N) is 3. The molecule has 2 aromatic heterocycles. The first-order chi connectivity index (χ1) is 9.78. The molecule has 0 spiro atoms. The second kappa shape index (κ2) is 8.00. The molecule has 2 heterocycles. The molecule has 1 atom stereocenters. The van der Waals surface area contributed by atoms with E-state index in [1.54, 1.807) is 11.8 Å². The van der Waals surface area contributed by atoms with E-state index in [2.05, 4.69) is 27.9 Å². The number of hydrogen-bond donors (Lipinski definition) is 0. The average Bonchev–Trinajstić information content (AvgIpc) is 2.52. The van der Waals surface area contributed by atoms with Gasteiger partial charge in [-0.3, -0.25) is 4.98 Å².